The van der Waals surface area contributed by atoms with Gasteiger partial charge in [0.2, 0.25) is 0 Å². The maximum Gasteiger partial charge on any atom is 0.0553 e. The molecule has 0 aromatic carbocycles. The summed E-state index contributed by atoms with van der Waals surface area (Å²) < 4.78 is 2.19. The van der Waals surface area contributed by atoms with Crippen LogP contribution in [0.1, 0.15) is 57.2 Å². The summed E-state index contributed by atoms with van der Waals surface area (Å²) in [6.45, 7) is 3.27. The number of hydrogen-bond donors (Lipinski definition) is 1. The van der Waals surface area contributed by atoms with E-state index in [-0.39, 0.29) is 0 Å². The molecule has 3 nitrogen and oxygen atoms in total. The second kappa shape index (κ2) is 4.81. The minimum absolute atomic E-state index is 0.545. The molecule has 2 aliphatic rings. The largest absolute Gasteiger partial charge is 0.306 e. The zero-order valence-electron chi connectivity index (χ0n) is 10.7. The topological polar surface area (TPSA) is 29.9 Å². The number of piperidine rings is 1. The molecule has 0 amide bonds. The van der Waals surface area contributed by atoms with Crippen molar-refractivity contribution in [2.45, 2.75) is 64.1 Å². The Bertz CT molecular complexity index is 371. The first kappa shape index (κ1) is 11.3. The third kappa shape index (κ3) is 2.13. The highest BCUT2D eigenvalue weighted by Gasteiger charge is 2.34. The second-order valence-electron chi connectivity index (χ2n) is 5.57. The van der Waals surface area contributed by atoms with Crippen molar-refractivity contribution < 1.29 is 0 Å². The molecule has 0 radical (unpaired) electrons. The van der Waals surface area contributed by atoms with Gasteiger partial charge in [0.25, 0.3) is 0 Å². The molecular weight excluding hydrogens is 210 g/mol. The lowest BCUT2D eigenvalue weighted by Crippen LogP contribution is -2.41. The SMILES string of the molecule is CCCn1nccc1C1CCC2CCCC2N1. The predicted molar refractivity (Wildman–Crippen MR) is 68.8 cm³/mol. The van der Waals surface area contributed by atoms with Crippen LogP contribution in [-0.2, 0) is 6.54 Å². The van der Waals surface area contributed by atoms with Crippen LogP contribution in [0.5, 0.6) is 0 Å². The number of rotatable bonds is 3. The van der Waals surface area contributed by atoms with E-state index in [0.717, 1.165) is 24.9 Å². The standard InChI is InChI=1S/C14H23N3/c1-2-10-17-14(8-9-15-17)13-7-6-11-4-3-5-12(11)16-13/h8-9,11-13,16H,2-7,10H2,1H3. The average Bonchev–Trinajstić information content (AvgIpc) is 2.96. The molecule has 1 aliphatic carbocycles. The maximum absolute atomic E-state index is 4.44. The number of aryl methyl sites for hydroxylation is 1. The van der Waals surface area contributed by atoms with Crippen molar-refractivity contribution in [3.8, 4) is 0 Å². The van der Waals surface area contributed by atoms with Crippen molar-refractivity contribution in [2.24, 2.45) is 5.92 Å². The van der Waals surface area contributed by atoms with Crippen LogP contribution in [0.15, 0.2) is 12.3 Å². The van der Waals surface area contributed by atoms with Crippen molar-refractivity contribution >= 4 is 0 Å². The van der Waals surface area contributed by atoms with Crippen LogP contribution < -0.4 is 5.32 Å². The zero-order chi connectivity index (χ0) is 11.7. The Morgan fingerprint density at radius 2 is 2.29 bits per heavy atom. The van der Waals surface area contributed by atoms with Crippen LogP contribution in [0.4, 0.5) is 0 Å². The third-order valence-electron chi connectivity index (χ3n) is 4.44. The smallest absolute Gasteiger partial charge is 0.0553 e. The molecule has 2 fully saturated rings. The van der Waals surface area contributed by atoms with Crippen LogP contribution in [0, 0.1) is 5.92 Å². The molecule has 2 heterocycles. The highest BCUT2D eigenvalue weighted by molar-refractivity contribution is 5.10. The number of nitrogens with zero attached hydrogens (tertiary/aromatic N) is 2. The molecule has 0 spiro atoms. The Labute approximate surface area is 104 Å². The molecule has 1 saturated carbocycles. The first-order valence-corrected chi connectivity index (χ1v) is 7.16. The molecule has 3 atom stereocenters. The normalized spacial score (nSPS) is 32.6. The van der Waals surface area contributed by atoms with Gasteiger partial charge in [-0.1, -0.05) is 13.3 Å². The molecule has 1 aliphatic heterocycles. The first-order chi connectivity index (χ1) is 8.38. The number of nitrogens with one attached hydrogen (secondary N) is 1. The van der Waals surface area contributed by atoms with Crippen LogP contribution >= 0.6 is 0 Å². The summed E-state index contributed by atoms with van der Waals surface area (Å²) >= 11 is 0. The molecule has 17 heavy (non-hydrogen) atoms. The highest BCUT2D eigenvalue weighted by atomic mass is 15.3. The molecule has 0 bridgehead atoms. The number of fused-ring (bicyclic) bond motifs is 1. The monoisotopic (exact) mass is 233 g/mol. The Hall–Kier alpha value is -0.830. The lowest BCUT2D eigenvalue weighted by atomic mass is 9.88. The van der Waals surface area contributed by atoms with E-state index in [4.69, 9.17) is 0 Å². The molecule has 1 aromatic rings. The lowest BCUT2D eigenvalue weighted by molar-refractivity contribution is 0.252. The van der Waals surface area contributed by atoms with Crippen LogP contribution in [0.25, 0.3) is 0 Å². The highest BCUT2D eigenvalue weighted by Crippen LogP contribution is 2.37. The Balaban J connectivity index is 1.73. The fraction of sp³-hybridized carbons (Fsp3) is 0.786. The molecule has 3 rings (SSSR count). The van der Waals surface area contributed by atoms with Crippen molar-refractivity contribution in [1.82, 2.24) is 15.1 Å². The summed E-state index contributed by atoms with van der Waals surface area (Å²) in [5, 5.41) is 8.30. The van der Waals surface area contributed by atoms with Gasteiger partial charge >= 0.3 is 0 Å². The summed E-state index contributed by atoms with van der Waals surface area (Å²) in [5.74, 6) is 0.953. The summed E-state index contributed by atoms with van der Waals surface area (Å²) in [7, 11) is 0. The van der Waals surface area contributed by atoms with E-state index in [1.807, 2.05) is 6.20 Å². The third-order valence-corrected chi connectivity index (χ3v) is 4.44. The molecule has 1 saturated heterocycles. The summed E-state index contributed by atoms with van der Waals surface area (Å²) in [6, 6.07) is 3.52. The molecule has 1 aromatic heterocycles. The molecule has 94 valence electrons. The average molecular weight is 233 g/mol. The minimum atomic E-state index is 0.545. The quantitative estimate of drug-likeness (QED) is 0.870. The van der Waals surface area contributed by atoms with Crippen LogP contribution in [-0.4, -0.2) is 15.8 Å². The summed E-state index contributed by atoms with van der Waals surface area (Å²) in [6.07, 6.45) is 10.0. The van der Waals surface area contributed by atoms with Crippen molar-refractivity contribution in [3.05, 3.63) is 18.0 Å². The van der Waals surface area contributed by atoms with Crippen molar-refractivity contribution in [1.29, 1.82) is 0 Å². The van der Waals surface area contributed by atoms with E-state index in [2.05, 4.69) is 28.1 Å². The van der Waals surface area contributed by atoms with E-state index in [0.29, 0.717) is 6.04 Å². The number of aromatic nitrogens is 2. The molecule has 1 N–H and O–H groups in total. The summed E-state index contributed by atoms with van der Waals surface area (Å²) in [5.41, 5.74) is 1.40. The molecule has 3 heteroatoms. The van der Waals surface area contributed by atoms with Crippen molar-refractivity contribution in [3.63, 3.8) is 0 Å². The van der Waals surface area contributed by atoms with Gasteiger partial charge in [0.05, 0.1) is 5.69 Å². The van der Waals surface area contributed by atoms with E-state index >= 15 is 0 Å². The molecular formula is C14H23N3. The van der Waals surface area contributed by atoms with Gasteiger partial charge in [0.1, 0.15) is 0 Å². The Morgan fingerprint density at radius 1 is 1.35 bits per heavy atom. The van der Waals surface area contributed by atoms with Crippen molar-refractivity contribution in [2.75, 3.05) is 0 Å². The summed E-state index contributed by atoms with van der Waals surface area (Å²) in [4.78, 5) is 0. The fourth-order valence-corrected chi connectivity index (χ4v) is 3.60. The predicted octanol–water partition coefficient (Wildman–Crippen LogP) is 2.89. The fourth-order valence-electron chi connectivity index (χ4n) is 3.60. The van der Waals surface area contributed by atoms with E-state index in [9.17, 15) is 0 Å². The van der Waals surface area contributed by atoms with E-state index < -0.39 is 0 Å². The van der Waals surface area contributed by atoms with Gasteiger partial charge in [-0.3, -0.25) is 4.68 Å². The van der Waals surface area contributed by atoms with Gasteiger partial charge < -0.3 is 5.32 Å². The van der Waals surface area contributed by atoms with Crippen LogP contribution in [0.3, 0.4) is 0 Å². The lowest BCUT2D eigenvalue weighted by Gasteiger charge is -2.33. The Morgan fingerprint density at radius 3 is 3.18 bits per heavy atom. The van der Waals surface area contributed by atoms with E-state index in [1.54, 1.807) is 0 Å². The van der Waals surface area contributed by atoms with Gasteiger partial charge in [0, 0.05) is 24.8 Å². The second-order valence-corrected chi connectivity index (χ2v) is 5.57. The van der Waals surface area contributed by atoms with Gasteiger partial charge in [-0.25, -0.2) is 0 Å². The maximum atomic E-state index is 4.44. The number of hydrogen-bond acceptors (Lipinski definition) is 2. The van der Waals surface area contributed by atoms with Gasteiger partial charge in [-0.15, -0.1) is 0 Å². The molecule has 3 unspecified atom stereocenters. The van der Waals surface area contributed by atoms with Gasteiger partial charge in [0.15, 0.2) is 0 Å². The van der Waals surface area contributed by atoms with Crippen LogP contribution in [0.2, 0.25) is 0 Å². The van der Waals surface area contributed by atoms with E-state index in [1.165, 1.54) is 37.8 Å². The Kier molecular flexibility index (Phi) is 3.19. The van der Waals surface area contributed by atoms with Gasteiger partial charge in [-0.2, -0.15) is 5.10 Å². The minimum Gasteiger partial charge on any atom is -0.306 e. The first-order valence-electron chi connectivity index (χ1n) is 7.16. The zero-order valence-corrected chi connectivity index (χ0v) is 10.7. The van der Waals surface area contributed by atoms with Gasteiger partial charge in [-0.05, 0) is 44.1 Å².